The zero-order valence-electron chi connectivity index (χ0n) is 10.7. The van der Waals surface area contributed by atoms with Crippen LogP contribution < -0.4 is 5.32 Å². The van der Waals surface area contributed by atoms with Gasteiger partial charge in [-0.05, 0) is 42.2 Å². The van der Waals surface area contributed by atoms with Crippen molar-refractivity contribution in [2.75, 3.05) is 0 Å². The van der Waals surface area contributed by atoms with Gasteiger partial charge in [0.2, 0.25) is 5.91 Å². The molecule has 0 aliphatic heterocycles. The number of hydrogen-bond acceptors (Lipinski definition) is 3. The van der Waals surface area contributed by atoms with E-state index in [2.05, 4.69) is 5.32 Å². The molecule has 0 spiro atoms. The van der Waals surface area contributed by atoms with Gasteiger partial charge in [-0.2, -0.15) is 11.3 Å². The molecule has 1 aromatic heterocycles. The minimum Gasteiger partial charge on any atom is -0.481 e. The van der Waals surface area contributed by atoms with E-state index in [-0.39, 0.29) is 12.3 Å². The summed E-state index contributed by atoms with van der Waals surface area (Å²) in [5.74, 6) is -0.982. The number of aryl methyl sites for hydroxylation is 1. The summed E-state index contributed by atoms with van der Waals surface area (Å²) in [5.41, 5.74) is 0.490. The van der Waals surface area contributed by atoms with Crippen LogP contribution in [0, 0.1) is 0 Å². The van der Waals surface area contributed by atoms with Gasteiger partial charge in [0.1, 0.15) is 0 Å². The maximum Gasteiger partial charge on any atom is 0.305 e. The number of carboxylic acid groups (broad SMARTS) is 1. The largest absolute Gasteiger partial charge is 0.481 e. The molecule has 0 aliphatic carbocycles. The molecule has 18 heavy (non-hydrogen) atoms. The topological polar surface area (TPSA) is 66.4 Å². The third-order valence-electron chi connectivity index (χ3n) is 2.98. The van der Waals surface area contributed by atoms with Crippen LogP contribution in [0.1, 0.15) is 38.7 Å². The third kappa shape index (κ3) is 4.87. The molecule has 1 rings (SSSR count). The SMILES string of the molecule is CC[C@@](C)(CC(=O)O)NC(=O)CCc1ccsc1. The maximum atomic E-state index is 11.8. The van der Waals surface area contributed by atoms with Gasteiger partial charge < -0.3 is 10.4 Å². The molecule has 0 saturated heterocycles. The Kier molecular flexibility index (Phi) is 5.34. The number of rotatable bonds is 7. The fraction of sp³-hybridized carbons (Fsp3) is 0.538. The summed E-state index contributed by atoms with van der Waals surface area (Å²) >= 11 is 1.61. The van der Waals surface area contributed by atoms with Crippen LogP contribution in [0.5, 0.6) is 0 Å². The Balaban J connectivity index is 2.44. The molecule has 100 valence electrons. The Morgan fingerprint density at radius 1 is 1.50 bits per heavy atom. The zero-order valence-corrected chi connectivity index (χ0v) is 11.5. The van der Waals surface area contributed by atoms with E-state index in [0.717, 1.165) is 5.56 Å². The number of aliphatic carboxylic acids is 1. The fourth-order valence-corrected chi connectivity index (χ4v) is 2.39. The minimum absolute atomic E-state index is 0.0479. The first-order chi connectivity index (χ1) is 8.45. The number of carboxylic acids is 1. The van der Waals surface area contributed by atoms with Crippen LogP contribution in [0.15, 0.2) is 16.8 Å². The van der Waals surface area contributed by atoms with Crippen LogP contribution in [-0.2, 0) is 16.0 Å². The summed E-state index contributed by atoms with van der Waals surface area (Å²) in [6.07, 6.45) is 1.64. The van der Waals surface area contributed by atoms with Gasteiger partial charge in [-0.1, -0.05) is 6.92 Å². The second-order valence-electron chi connectivity index (χ2n) is 4.66. The quantitative estimate of drug-likeness (QED) is 0.799. The van der Waals surface area contributed by atoms with Crippen molar-refractivity contribution < 1.29 is 14.7 Å². The zero-order chi connectivity index (χ0) is 13.6. The monoisotopic (exact) mass is 269 g/mol. The number of nitrogens with one attached hydrogen (secondary N) is 1. The van der Waals surface area contributed by atoms with Crippen LogP contribution in [-0.4, -0.2) is 22.5 Å². The normalized spacial score (nSPS) is 13.9. The first-order valence-corrected chi connectivity index (χ1v) is 6.93. The smallest absolute Gasteiger partial charge is 0.305 e. The average Bonchev–Trinajstić information content (AvgIpc) is 2.78. The fourth-order valence-electron chi connectivity index (χ4n) is 1.68. The Morgan fingerprint density at radius 3 is 2.72 bits per heavy atom. The van der Waals surface area contributed by atoms with E-state index in [4.69, 9.17) is 5.11 Å². The predicted molar refractivity (Wildman–Crippen MR) is 71.7 cm³/mol. The molecule has 0 aromatic carbocycles. The molecule has 4 nitrogen and oxygen atoms in total. The maximum absolute atomic E-state index is 11.8. The van der Waals surface area contributed by atoms with Crippen molar-refractivity contribution in [2.45, 2.75) is 45.1 Å². The molecule has 0 saturated carbocycles. The number of amides is 1. The summed E-state index contributed by atoms with van der Waals surface area (Å²) in [5, 5.41) is 15.6. The van der Waals surface area contributed by atoms with Crippen molar-refractivity contribution in [3.63, 3.8) is 0 Å². The Morgan fingerprint density at radius 2 is 2.22 bits per heavy atom. The van der Waals surface area contributed by atoms with Crippen LogP contribution in [0.25, 0.3) is 0 Å². The molecule has 1 heterocycles. The highest BCUT2D eigenvalue weighted by atomic mass is 32.1. The van der Waals surface area contributed by atoms with E-state index in [9.17, 15) is 9.59 Å². The molecular formula is C13H19NO3S. The Bertz CT molecular complexity index is 402. The van der Waals surface area contributed by atoms with Crippen LogP contribution in [0.2, 0.25) is 0 Å². The summed E-state index contributed by atoms with van der Waals surface area (Å²) < 4.78 is 0. The molecular weight excluding hydrogens is 250 g/mol. The molecule has 0 unspecified atom stereocenters. The van der Waals surface area contributed by atoms with Gasteiger partial charge in [-0.25, -0.2) is 0 Å². The lowest BCUT2D eigenvalue weighted by atomic mass is 9.94. The van der Waals surface area contributed by atoms with Crippen molar-refractivity contribution in [2.24, 2.45) is 0 Å². The Labute approximate surface area is 111 Å². The van der Waals surface area contributed by atoms with E-state index in [0.29, 0.717) is 19.3 Å². The first kappa shape index (κ1) is 14.7. The third-order valence-corrected chi connectivity index (χ3v) is 3.72. The lowest BCUT2D eigenvalue weighted by Gasteiger charge is -2.27. The highest BCUT2D eigenvalue weighted by molar-refractivity contribution is 7.07. The van der Waals surface area contributed by atoms with Crippen molar-refractivity contribution in [1.29, 1.82) is 0 Å². The van der Waals surface area contributed by atoms with Crippen molar-refractivity contribution in [3.8, 4) is 0 Å². The molecule has 0 fully saturated rings. The van der Waals surface area contributed by atoms with Gasteiger partial charge in [-0.15, -0.1) is 0 Å². The van der Waals surface area contributed by atoms with E-state index in [1.807, 2.05) is 23.8 Å². The van der Waals surface area contributed by atoms with Gasteiger partial charge in [0.15, 0.2) is 0 Å². The van der Waals surface area contributed by atoms with Gasteiger partial charge in [0.05, 0.1) is 6.42 Å². The second-order valence-corrected chi connectivity index (χ2v) is 5.44. The predicted octanol–water partition coefficient (Wildman–Crippen LogP) is 2.44. The van der Waals surface area contributed by atoms with E-state index < -0.39 is 11.5 Å². The number of hydrogen-bond donors (Lipinski definition) is 2. The van der Waals surface area contributed by atoms with E-state index >= 15 is 0 Å². The first-order valence-electron chi connectivity index (χ1n) is 5.99. The van der Waals surface area contributed by atoms with Crippen LogP contribution >= 0.6 is 11.3 Å². The van der Waals surface area contributed by atoms with E-state index in [1.165, 1.54) is 0 Å². The van der Waals surface area contributed by atoms with Gasteiger partial charge in [0.25, 0.3) is 0 Å². The van der Waals surface area contributed by atoms with Crippen molar-refractivity contribution >= 4 is 23.2 Å². The van der Waals surface area contributed by atoms with E-state index in [1.54, 1.807) is 18.3 Å². The molecule has 5 heteroatoms. The highest BCUT2D eigenvalue weighted by Gasteiger charge is 2.27. The van der Waals surface area contributed by atoms with Crippen molar-refractivity contribution in [1.82, 2.24) is 5.32 Å². The summed E-state index contributed by atoms with van der Waals surface area (Å²) in [6, 6.07) is 1.99. The van der Waals surface area contributed by atoms with Gasteiger partial charge in [0, 0.05) is 12.0 Å². The van der Waals surface area contributed by atoms with Crippen LogP contribution in [0.4, 0.5) is 0 Å². The Hall–Kier alpha value is -1.36. The molecule has 0 bridgehead atoms. The highest BCUT2D eigenvalue weighted by Crippen LogP contribution is 2.15. The van der Waals surface area contributed by atoms with Gasteiger partial charge >= 0.3 is 5.97 Å². The molecule has 1 aromatic rings. The molecule has 1 amide bonds. The summed E-state index contributed by atoms with van der Waals surface area (Å²) in [7, 11) is 0. The number of carbonyl (C=O) groups excluding carboxylic acids is 1. The lowest BCUT2D eigenvalue weighted by Crippen LogP contribution is -2.47. The summed E-state index contributed by atoms with van der Waals surface area (Å²) in [6.45, 7) is 3.64. The molecule has 2 N–H and O–H groups in total. The average molecular weight is 269 g/mol. The molecule has 0 radical (unpaired) electrons. The van der Waals surface area contributed by atoms with Crippen LogP contribution in [0.3, 0.4) is 0 Å². The second kappa shape index (κ2) is 6.54. The number of carbonyl (C=O) groups is 2. The summed E-state index contributed by atoms with van der Waals surface area (Å²) in [4.78, 5) is 22.5. The standard InChI is InChI=1S/C13H19NO3S/c1-3-13(2,8-12(16)17)14-11(15)5-4-10-6-7-18-9-10/h6-7,9H,3-5,8H2,1-2H3,(H,14,15)(H,16,17)/t13-/m0/s1. The minimum atomic E-state index is -0.891. The van der Waals surface area contributed by atoms with Crippen molar-refractivity contribution in [3.05, 3.63) is 22.4 Å². The molecule has 0 aliphatic rings. The lowest BCUT2D eigenvalue weighted by molar-refractivity contribution is -0.139. The van der Waals surface area contributed by atoms with Gasteiger partial charge in [-0.3, -0.25) is 9.59 Å². The number of thiophene rings is 1. The molecule has 1 atom stereocenters.